The molecule has 4 fully saturated rings. The number of nitro groups is 1. The van der Waals surface area contributed by atoms with Gasteiger partial charge < -0.3 is 4.74 Å². The minimum absolute atomic E-state index is 0.0300. The molecule has 4 saturated carbocycles. The minimum Gasteiger partial charge on any atom is -0.483 e. The van der Waals surface area contributed by atoms with Crippen molar-refractivity contribution in [2.75, 3.05) is 0 Å². The van der Waals surface area contributed by atoms with Crippen LogP contribution >= 0.6 is 0 Å². The van der Waals surface area contributed by atoms with Gasteiger partial charge in [0.05, 0.1) is 4.92 Å². The van der Waals surface area contributed by atoms with Gasteiger partial charge >= 0.3 is 0 Å². The first kappa shape index (κ1) is 15.6. The average molecular weight is 329 g/mol. The van der Waals surface area contributed by atoms with Gasteiger partial charge in [-0.15, -0.1) is 0 Å². The van der Waals surface area contributed by atoms with Crippen LogP contribution in [0, 0.1) is 33.3 Å². The molecule has 0 aliphatic heterocycles. The number of hydrogen-bond donors (Lipinski definition) is 0. The Kier molecular flexibility index (Phi) is 3.62. The third kappa shape index (κ3) is 2.60. The second-order valence-corrected chi connectivity index (χ2v) is 8.07. The van der Waals surface area contributed by atoms with Gasteiger partial charge in [-0.3, -0.25) is 14.9 Å². The maximum Gasteiger partial charge on any atom is 0.269 e. The Morgan fingerprint density at radius 2 is 1.62 bits per heavy atom. The highest BCUT2D eigenvalue weighted by atomic mass is 16.6. The Hall–Kier alpha value is -1.91. The van der Waals surface area contributed by atoms with Crippen molar-refractivity contribution in [2.45, 2.75) is 51.6 Å². The molecule has 5 rings (SSSR count). The van der Waals surface area contributed by atoms with Crippen LogP contribution in [-0.2, 0) is 4.79 Å². The predicted molar refractivity (Wildman–Crippen MR) is 88.8 cm³/mol. The molecule has 0 spiro atoms. The fourth-order valence-electron chi connectivity index (χ4n) is 5.75. The second kappa shape index (κ2) is 5.57. The third-order valence-electron chi connectivity index (χ3n) is 6.29. The van der Waals surface area contributed by atoms with Crippen molar-refractivity contribution in [1.29, 1.82) is 0 Å². The number of carbonyl (C=O) groups excluding carboxylic acids is 1. The topological polar surface area (TPSA) is 69.4 Å². The molecule has 0 radical (unpaired) electrons. The summed E-state index contributed by atoms with van der Waals surface area (Å²) in [7, 11) is 0. The van der Waals surface area contributed by atoms with Gasteiger partial charge in [0.15, 0.2) is 11.9 Å². The van der Waals surface area contributed by atoms with Crippen LogP contribution in [0.2, 0.25) is 0 Å². The third-order valence-corrected chi connectivity index (χ3v) is 6.29. The van der Waals surface area contributed by atoms with Crippen LogP contribution in [-0.4, -0.2) is 16.8 Å². The quantitative estimate of drug-likeness (QED) is 0.601. The van der Waals surface area contributed by atoms with Crippen molar-refractivity contribution < 1.29 is 14.5 Å². The molecule has 0 amide bonds. The number of rotatable bonds is 5. The molecule has 0 N–H and O–H groups in total. The molecule has 5 heteroatoms. The summed E-state index contributed by atoms with van der Waals surface area (Å²) in [5.41, 5.74) is -0.142. The zero-order valence-electron chi connectivity index (χ0n) is 13.9. The summed E-state index contributed by atoms with van der Waals surface area (Å²) in [6.07, 6.45) is 6.53. The average Bonchev–Trinajstić information content (AvgIpc) is 2.53. The Labute approximate surface area is 141 Å². The van der Waals surface area contributed by atoms with Gasteiger partial charge in [-0.1, -0.05) is 0 Å². The van der Waals surface area contributed by atoms with Crippen LogP contribution in [0.15, 0.2) is 24.3 Å². The van der Waals surface area contributed by atoms with Crippen LogP contribution in [0.4, 0.5) is 5.69 Å². The molecule has 4 bridgehead atoms. The van der Waals surface area contributed by atoms with Crippen molar-refractivity contribution in [2.24, 2.45) is 23.2 Å². The van der Waals surface area contributed by atoms with Crippen LogP contribution in [0.25, 0.3) is 0 Å². The Morgan fingerprint density at radius 1 is 1.12 bits per heavy atom. The van der Waals surface area contributed by atoms with E-state index < -0.39 is 11.0 Å². The number of ketones is 1. The molecule has 4 aliphatic carbocycles. The lowest BCUT2D eigenvalue weighted by molar-refractivity contribution is -0.384. The van der Waals surface area contributed by atoms with Gasteiger partial charge in [0.25, 0.3) is 5.69 Å². The summed E-state index contributed by atoms with van der Waals surface area (Å²) in [6.45, 7) is 1.82. The van der Waals surface area contributed by atoms with E-state index in [1.807, 2.05) is 6.92 Å². The lowest BCUT2D eigenvalue weighted by Crippen LogP contribution is -2.53. The highest BCUT2D eigenvalue weighted by Gasteiger charge is 2.55. The first-order chi connectivity index (χ1) is 11.4. The summed E-state index contributed by atoms with van der Waals surface area (Å²) in [5, 5.41) is 10.7. The van der Waals surface area contributed by atoms with E-state index in [-0.39, 0.29) is 16.9 Å². The Morgan fingerprint density at radius 3 is 2.08 bits per heavy atom. The molecule has 128 valence electrons. The van der Waals surface area contributed by atoms with Crippen LogP contribution in [0.1, 0.15) is 45.4 Å². The predicted octanol–water partition coefficient (Wildman–Crippen LogP) is 4.15. The molecule has 1 unspecified atom stereocenters. The summed E-state index contributed by atoms with van der Waals surface area (Å²) < 4.78 is 5.83. The molecule has 0 saturated heterocycles. The van der Waals surface area contributed by atoms with Gasteiger partial charge in [-0.25, -0.2) is 0 Å². The molecular weight excluding hydrogens is 306 g/mol. The van der Waals surface area contributed by atoms with Gasteiger partial charge in [0.1, 0.15) is 5.75 Å². The first-order valence-corrected chi connectivity index (χ1v) is 8.90. The zero-order valence-corrected chi connectivity index (χ0v) is 13.9. The molecule has 1 aromatic rings. The van der Waals surface area contributed by atoms with E-state index in [1.54, 1.807) is 12.1 Å². The van der Waals surface area contributed by atoms with E-state index in [9.17, 15) is 14.9 Å². The maximum atomic E-state index is 13.1. The normalized spacial score (nSPS) is 34.8. The van der Waals surface area contributed by atoms with Crippen LogP contribution in [0.3, 0.4) is 0 Å². The van der Waals surface area contributed by atoms with Crippen molar-refractivity contribution in [3.05, 3.63) is 34.4 Å². The molecule has 1 aromatic carbocycles. The molecule has 0 heterocycles. The number of nitro benzene ring substituents is 1. The summed E-state index contributed by atoms with van der Waals surface area (Å²) in [6, 6.07) is 5.97. The molecular formula is C19H23NO4. The van der Waals surface area contributed by atoms with Crippen molar-refractivity contribution in [3.63, 3.8) is 0 Å². The van der Waals surface area contributed by atoms with Gasteiger partial charge in [0.2, 0.25) is 0 Å². The summed E-state index contributed by atoms with van der Waals surface area (Å²) in [5.74, 6) is 2.94. The van der Waals surface area contributed by atoms with Crippen molar-refractivity contribution >= 4 is 11.5 Å². The van der Waals surface area contributed by atoms with E-state index in [2.05, 4.69) is 0 Å². The number of carbonyl (C=O) groups is 1. The van der Waals surface area contributed by atoms with Crippen LogP contribution < -0.4 is 4.74 Å². The summed E-state index contributed by atoms with van der Waals surface area (Å²) in [4.78, 5) is 23.4. The highest BCUT2D eigenvalue weighted by Crippen LogP contribution is 2.60. The van der Waals surface area contributed by atoms with E-state index in [1.165, 1.54) is 31.4 Å². The monoisotopic (exact) mass is 329 g/mol. The van der Waals surface area contributed by atoms with Crippen molar-refractivity contribution in [3.8, 4) is 5.75 Å². The number of non-ortho nitro benzene ring substituents is 1. The number of hydrogen-bond acceptors (Lipinski definition) is 4. The fourth-order valence-corrected chi connectivity index (χ4v) is 5.75. The smallest absolute Gasteiger partial charge is 0.269 e. The standard InChI is InChI=1S/C19H23NO4/c1-12(24-17-4-2-16(3-5-17)20(22)23)18(21)19-9-13-6-14(10-19)8-15(7-13)11-19/h2-5,12-15H,6-11H2,1H3. The van der Waals surface area contributed by atoms with Crippen molar-refractivity contribution in [1.82, 2.24) is 0 Å². The van der Waals surface area contributed by atoms with E-state index >= 15 is 0 Å². The zero-order chi connectivity index (χ0) is 16.9. The molecule has 5 nitrogen and oxygen atoms in total. The van der Waals surface area contributed by atoms with Gasteiger partial charge in [-0.2, -0.15) is 0 Å². The molecule has 0 aromatic heterocycles. The van der Waals surface area contributed by atoms with E-state index in [4.69, 9.17) is 4.74 Å². The lowest BCUT2D eigenvalue weighted by atomic mass is 9.48. The van der Waals surface area contributed by atoms with E-state index in [0.29, 0.717) is 5.75 Å². The molecule has 1 atom stereocenters. The minimum atomic E-state index is -0.497. The van der Waals surface area contributed by atoms with Crippen LogP contribution in [0.5, 0.6) is 5.75 Å². The largest absolute Gasteiger partial charge is 0.483 e. The Balaban J connectivity index is 1.47. The fraction of sp³-hybridized carbons (Fsp3) is 0.632. The number of benzene rings is 1. The first-order valence-electron chi connectivity index (χ1n) is 8.90. The van der Waals surface area contributed by atoms with Gasteiger partial charge in [0, 0.05) is 17.5 Å². The molecule has 4 aliphatic rings. The maximum absolute atomic E-state index is 13.1. The number of ether oxygens (including phenoxy) is 1. The lowest BCUT2D eigenvalue weighted by Gasteiger charge is -2.56. The van der Waals surface area contributed by atoms with E-state index in [0.717, 1.165) is 37.0 Å². The second-order valence-electron chi connectivity index (χ2n) is 8.07. The highest BCUT2D eigenvalue weighted by molar-refractivity contribution is 5.89. The summed E-state index contributed by atoms with van der Waals surface area (Å²) >= 11 is 0. The SMILES string of the molecule is CC(Oc1ccc([N+](=O)[O-])cc1)C(=O)C12CC3CC(CC(C3)C1)C2. The number of Topliss-reactive ketones (excluding diaryl/α,β-unsaturated/α-hetero) is 1. The Bertz CT molecular complexity index is 631. The number of nitrogens with zero attached hydrogens (tertiary/aromatic N) is 1. The molecule has 24 heavy (non-hydrogen) atoms. The van der Waals surface area contributed by atoms with Gasteiger partial charge in [-0.05, 0) is 75.3 Å².